The van der Waals surface area contributed by atoms with Crippen molar-refractivity contribution in [2.75, 3.05) is 20.2 Å². The van der Waals surface area contributed by atoms with E-state index in [1.165, 1.54) is 36.3 Å². The number of methoxy groups -OCH3 is 1. The molecule has 1 fully saturated rings. The summed E-state index contributed by atoms with van der Waals surface area (Å²) in [5.41, 5.74) is 0.716. The maximum Gasteiger partial charge on any atom is 0.336 e. The number of rotatable bonds is 5. The topological polar surface area (TPSA) is 93.9 Å². The Kier molecular flexibility index (Phi) is 6.29. The third-order valence-corrected chi connectivity index (χ3v) is 6.10. The summed E-state index contributed by atoms with van der Waals surface area (Å²) in [6.07, 6.45) is 0.978. The van der Waals surface area contributed by atoms with Crippen LogP contribution in [0, 0.1) is 11.7 Å². The summed E-state index contributed by atoms with van der Waals surface area (Å²) in [5, 5.41) is 0.636. The van der Waals surface area contributed by atoms with Crippen LogP contribution in [0.4, 0.5) is 4.39 Å². The van der Waals surface area contributed by atoms with Gasteiger partial charge in [-0.2, -0.15) is 0 Å². The van der Waals surface area contributed by atoms with Crippen molar-refractivity contribution in [3.8, 4) is 11.1 Å². The zero-order valence-electron chi connectivity index (χ0n) is 17.5. The van der Waals surface area contributed by atoms with Crippen LogP contribution in [0.2, 0.25) is 5.02 Å². The molecule has 0 bridgehead atoms. The normalized spacial score (nSPS) is 16.6. The number of carbonyl (C=O) groups excluding carboxylic acids is 3. The highest BCUT2D eigenvalue weighted by Crippen LogP contribution is 2.34. The van der Waals surface area contributed by atoms with Crippen molar-refractivity contribution in [2.24, 2.45) is 5.92 Å². The molecule has 2 aromatic carbocycles. The molecule has 2 atom stereocenters. The van der Waals surface area contributed by atoms with Crippen LogP contribution in [0.5, 0.6) is 0 Å². The van der Waals surface area contributed by atoms with E-state index in [1.54, 1.807) is 12.1 Å². The molecule has 0 radical (unpaired) electrons. The Balaban J connectivity index is 1.70. The minimum atomic E-state index is -1.13. The van der Waals surface area contributed by atoms with E-state index in [9.17, 15) is 23.6 Å². The highest BCUT2D eigenvalue weighted by Gasteiger charge is 2.35. The summed E-state index contributed by atoms with van der Waals surface area (Å²) < 4.78 is 23.5. The Labute approximate surface area is 192 Å². The van der Waals surface area contributed by atoms with Gasteiger partial charge in [0.25, 0.3) is 0 Å². The number of ether oxygens (including phenoxy) is 1. The van der Waals surface area contributed by atoms with Gasteiger partial charge in [-0.3, -0.25) is 9.59 Å². The van der Waals surface area contributed by atoms with Crippen molar-refractivity contribution in [3.63, 3.8) is 0 Å². The van der Waals surface area contributed by atoms with E-state index in [4.69, 9.17) is 20.8 Å². The average molecular weight is 472 g/mol. The quantitative estimate of drug-likeness (QED) is 0.244. The number of fused-ring (bicyclic) bond motifs is 1. The van der Waals surface area contributed by atoms with Crippen LogP contribution in [0.25, 0.3) is 22.1 Å². The second kappa shape index (κ2) is 9.15. The van der Waals surface area contributed by atoms with Gasteiger partial charge in [-0.1, -0.05) is 23.7 Å². The molecule has 1 unspecified atom stereocenters. The van der Waals surface area contributed by atoms with E-state index < -0.39 is 35.2 Å². The molecule has 1 aliphatic rings. The molecule has 1 aliphatic heterocycles. The molecule has 3 aromatic rings. The van der Waals surface area contributed by atoms with E-state index in [-0.39, 0.29) is 17.2 Å². The molecule has 1 amide bonds. The fraction of sp³-hybridized carbons (Fsp3) is 0.250. The summed E-state index contributed by atoms with van der Waals surface area (Å²) in [4.78, 5) is 50.3. The van der Waals surface area contributed by atoms with Crippen LogP contribution >= 0.6 is 11.6 Å². The van der Waals surface area contributed by atoms with Crippen molar-refractivity contribution in [1.29, 1.82) is 0 Å². The number of hydrogen-bond donors (Lipinski definition) is 0. The van der Waals surface area contributed by atoms with Gasteiger partial charge in [0.1, 0.15) is 23.6 Å². The molecular weight excluding hydrogens is 453 g/mol. The van der Waals surface area contributed by atoms with Crippen molar-refractivity contribution < 1.29 is 27.9 Å². The lowest BCUT2D eigenvalue weighted by Crippen LogP contribution is -2.35. The van der Waals surface area contributed by atoms with Crippen molar-refractivity contribution in [2.45, 2.75) is 12.3 Å². The van der Waals surface area contributed by atoms with Crippen LogP contribution in [0.1, 0.15) is 17.9 Å². The first kappa shape index (κ1) is 22.7. The fourth-order valence-corrected chi connectivity index (χ4v) is 4.37. The molecule has 7 nitrogen and oxygen atoms in total. The lowest BCUT2D eigenvalue weighted by atomic mass is 9.95. The SMILES string of the molecule is COC(=O)[C@H]1CCN(C(=O)C(C=O)c2ccc3c(-c4ccc(F)cc4Cl)cc(=O)oc3c2)C1. The molecule has 33 heavy (non-hydrogen) atoms. The summed E-state index contributed by atoms with van der Waals surface area (Å²) in [7, 11) is 1.29. The van der Waals surface area contributed by atoms with Gasteiger partial charge in [0.2, 0.25) is 5.91 Å². The minimum absolute atomic E-state index is 0.126. The molecule has 0 spiro atoms. The monoisotopic (exact) mass is 471 g/mol. The molecule has 4 rings (SSSR count). The van der Waals surface area contributed by atoms with Gasteiger partial charge in [-0.15, -0.1) is 0 Å². The largest absolute Gasteiger partial charge is 0.469 e. The smallest absolute Gasteiger partial charge is 0.336 e. The number of hydrogen-bond acceptors (Lipinski definition) is 6. The molecule has 170 valence electrons. The predicted molar refractivity (Wildman–Crippen MR) is 118 cm³/mol. The van der Waals surface area contributed by atoms with Gasteiger partial charge >= 0.3 is 11.6 Å². The number of aldehydes is 1. The summed E-state index contributed by atoms with van der Waals surface area (Å²) in [5.74, 6) is -2.91. The first-order chi connectivity index (χ1) is 15.8. The van der Waals surface area contributed by atoms with Gasteiger partial charge in [-0.05, 0) is 36.2 Å². The number of nitrogens with zero attached hydrogens (tertiary/aromatic N) is 1. The standard InChI is InChI=1S/C24H19ClFNO6/c1-32-24(31)14-6-7-27(11-14)23(30)19(12-28)13-2-4-17-18(10-22(29)33-21(17)8-13)16-5-3-15(26)9-20(16)25/h2-5,8-10,12,14,19H,6-7,11H2,1H3/t14-,19?/m0/s1. The van der Waals surface area contributed by atoms with E-state index >= 15 is 0 Å². The second-order valence-corrected chi connectivity index (χ2v) is 8.17. The molecule has 0 aliphatic carbocycles. The van der Waals surface area contributed by atoms with Crippen molar-refractivity contribution in [3.05, 3.63) is 69.3 Å². The Hall–Kier alpha value is -3.52. The van der Waals surface area contributed by atoms with E-state index in [1.807, 2.05) is 0 Å². The molecule has 1 aromatic heterocycles. The van der Waals surface area contributed by atoms with E-state index in [2.05, 4.69) is 0 Å². The van der Waals surface area contributed by atoms with Gasteiger partial charge < -0.3 is 18.8 Å². The lowest BCUT2D eigenvalue weighted by Gasteiger charge is -2.20. The second-order valence-electron chi connectivity index (χ2n) is 7.77. The third kappa shape index (κ3) is 4.39. The van der Waals surface area contributed by atoms with Gasteiger partial charge in [-0.25, -0.2) is 9.18 Å². The fourth-order valence-electron chi connectivity index (χ4n) is 4.10. The first-order valence-electron chi connectivity index (χ1n) is 10.2. The highest BCUT2D eigenvalue weighted by molar-refractivity contribution is 6.33. The van der Waals surface area contributed by atoms with Crippen LogP contribution in [0.15, 0.2) is 51.7 Å². The molecular formula is C24H19ClFNO6. The van der Waals surface area contributed by atoms with Crippen molar-refractivity contribution >= 4 is 40.7 Å². The summed E-state index contributed by atoms with van der Waals surface area (Å²) in [6.45, 7) is 0.505. The zero-order chi connectivity index (χ0) is 23.7. The number of benzene rings is 2. The van der Waals surface area contributed by atoms with E-state index in [0.29, 0.717) is 41.3 Å². The Morgan fingerprint density at radius 2 is 2.00 bits per heavy atom. The maximum atomic E-state index is 13.5. The summed E-state index contributed by atoms with van der Waals surface area (Å²) in [6, 6.07) is 9.76. The number of amides is 1. The van der Waals surface area contributed by atoms with Crippen LogP contribution in [0.3, 0.4) is 0 Å². The Morgan fingerprint density at radius 1 is 1.21 bits per heavy atom. The number of esters is 1. The van der Waals surface area contributed by atoms with Crippen molar-refractivity contribution in [1.82, 2.24) is 4.90 Å². The molecule has 0 N–H and O–H groups in total. The van der Waals surface area contributed by atoms with Gasteiger partial charge in [0.05, 0.1) is 18.1 Å². The van der Waals surface area contributed by atoms with Gasteiger partial charge in [0.15, 0.2) is 0 Å². The number of halogens is 2. The Bertz CT molecular complexity index is 1320. The molecule has 1 saturated heterocycles. The molecule has 9 heteroatoms. The third-order valence-electron chi connectivity index (χ3n) is 5.79. The van der Waals surface area contributed by atoms with E-state index in [0.717, 1.165) is 6.07 Å². The average Bonchev–Trinajstić information content (AvgIpc) is 3.29. The molecule has 0 saturated carbocycles. The highest BCUT2D eigenvalue weighted by atomic mass is 35.5. The van der Waals surface area contributed by atoms with Crippen LogP contribution in [-0.2, 0) is 19.1 Å². The summed E-state index contributed by atoms with van der Waals surface area (Å²) >= 11 is 6.18. The minimum Gasteiger partial charge on any atom is -0.469 e. The lowest BCUT2D eigenvalue weighted by molar-refractivity contribution is -0.145. The number of likely N-dealkylation sites (tertiary alicyclic amines) is 1. The zero-order valence-corrected chi connectivity index (χ0v) is 18.3. The predicted octanol–water partition coefficient (Wildman–Crippen LogP) is 3.56. The Morgan fingerprint density at radius 3 is 2.70 bits per heavy atom. The maximum absolute atomic E-state index is 13.5. The van der Waals surface area contributed by atoms with Crippen LogP contribution < -0.4 is 5.63 Å². The first-order valence-corrected chi connectivity index (χ1v) is 10.5. The van der Waals surface area contributed by atoms with Gasteiger partial charge in [0, 0.05) is 35.7 Å². The molecule has 2 heterocycles. The van der Waals surface area contributed by atoms with Crippen LogP contribution in [-0.4, -0.2) is 43.3 Å². The number of carbonyl (C=O) groups is 3.